The summed E-state index contributed by atoms with van der Waals surface area (Å²) in [6.07, 6.45) is 6.83. The Morgan fingerprint density at radius 1 is 0.930 bits per heavy atom. The minimum absolute atomic E-state index is 0.0157. The van der Waals surface area contributed by atoms with Crippen LogP contribution in [0.2, 0.25) is 0 Å². The van der Waals surface area contributed by atoms with E-state index in [1.807, 2.05) is 18.2 Å². The van der Waals surface area contributed by atoms with Gasteiger partial charge in [0.1, 0.15) is 6.10 Å². The van der Waals surface area contributed by atoms with Gasteiger partial charge in [-0.05, 0) is 116 Å². The third-order valence-corrected chi connectivity index (χ3v) is 17.0. The highest BCUT2D eigenvalue weighted by atomic mass is 16.5. The SMILES string of the molecule is CC(=O)NCCN(Cc1ccccc1)C[C@H](O)[C@@]12CC[C@]3(C)[C@H](CC[C@@H]4[C@@]5(C)CC[C@H](OC(=O)CC(C)(C)C(=O)O)C(C)(C)[C@H]5CC[C@]43C)C1=C(C(C)C)C(=O)C2. The first-order chi connectivity index (χ1) is 26.5. The van der Waals surface area contributed by atoms with Gasteiger partial charge in [-0.15, -0.1) is 0 Å². The molecule has 0 aromatic heterocycles. The van der Waals surface area contributed by atoms with Gasteiger partial charge in [-0.3, -0.25) is 24.1 Å². The molecule has 0 heterocycles. The maximum absolute atomic E-state index is 14.3. The number of fused-ring (bicyclic) bond motifs is 7. The number of ketones is 1. The number of nitrogens with zero attached hydrogens (tertiary/aromatic N) is 1. The van der Waals surface area contributed by atoms with Crippen molar-refractivity contribution in [1.82, 2.24) is 10.2 Å². The van der Waals surface area contributed by atoms with Gasteiger partial charge in [0.05, 0.1) is 17.9 Å². The number of carboxylic acids is 1. The lowest BCUT2D eigenvalue weighted by molar-refractivity contribution is -0.235. The number of benzene rings is 1. The summed E-state index contributed by atoms with van der Waals surface area (Å²) in [7, 11) is 0. The Labute approximate surface area is 342 Å². The molecule has 5 aliphatic carbocycles. The molecule has 4 fully saturated rings. The number of nitrogens with one attached hydrogen (secondary N) is 1. The summed E-state index contributed by atoms with van der Waals surface area (Å²) in [6.45, 7) is 23.3. The van der Waals surface area contributed by atoms with Gasteiger partial charge in [0.2, 0.25) is 5.91 Å². The Morgan fingerprint density at radius 3 is 2.25 bits per heavy atom. The second kappa shape index (κ2) is 15.5. The number of ether oxygens (including phenoxy) is 1. The number of hydrogen-bond donors (Lipinski definition) is 3. The minimum atomic E-state index is -1.18. The zero-order chi connectivity index (χ0) is 41.9. The summed E-state index contributed by atoms with van der Waals surface area (Å²) in [5.41, 5.74) is 1.32. The van der Waals surface area contributed by atoms with Crippen molar-refractivity contribution in [3.8, 4) is 0 Å². The van der Waals surface area contributed by atoms with Crippen LogP contribution in [0.3, 0.4) is 0 Å². The average Bonchev–Trinajstić information content (AvgIpc) is 3.43. The largest absolute Gasteiger partial charge is 0.481 e. The predicted molar refractivity (Wildman–Crippen MR) is 222 cm³/mol. The molecule has 0 aliphatic heterocycles. The van der Waals surface area contributed by atoms with Gasteiger partial charge in [-0.1, -0.05) is 84.4 Å². The molecule has 9 atom stereocenters. The van der Waals surface area contributed by atoms with E-state index in [0.29, 0.717) is 44.4 Å². The second-order valence-electron chi connectivity index (χ2n) is 21.3. The van der Waals surface area contributed by atoms with Gasteiger partial charge >= 0.3 is 11.9 Å². The van der Waals surface area contributed by atoms with Crippen molar-refractivity contribution in [3.05, 3.63) is 47.0 Å². The first kappa shape index (κ1) is 43.5. The van der Waals surface area contributed by atoms with Gasteiger partial charge in [0.25, 0.3) is 0 Å². The molecule has 57 heavy (non-hydrogen) atoms. The zero-order valence-electron chi connectivity index (χ0n) is 36.6. The van der Waals surface area contributed by atoms with Crippen LogP contribution in [-0.4, -0.2) is 70.6 Å². The molecule has 9 nitrogen and oxygen atoms in total. The maximum atomic E-state index is 14.3. The lowest BCUT2D eigenvalue weighted by atomic mass is 9.33. The Morgan fingerprint density at radius 2 is 1.61 bits per heavy atom. The number of hydrogen-bond acceptors (Lipinski definition) is 7. The molecule has 1 aromatic carbocycles. The summed E-state index contributed by atoms with van der Waals surface area (Å²) in [4.78, 5) is 53.3. The molecule has 0 spiro atoms. The number of aliphatic carboxylic acids is 1. The van der Waals surface area contributed by atoms with Gasteiger partial charge in [-0.25, -0.2) is 0 Å². The van der Waals surface area contributed by atoms with Gasteiger partial charge in [-0.2, -0.15) is 0 Å². The highest BCUT2D eigenvalue weighted by Crippen LogP contribution is 2.77. The van der Waals surface area contributed by atoms with Crippen molar-refractivity contribution in [2.24, 2.45) is 56.2 Å². The highest BCUT2D eigenvalue weighted by Gasteiger charge is 2.71. The summed E-state index contributed by atoms with van der Waals surface area (Å²) < 4.78 is 6.19. The van der Waals surface area contributed by atoms with Crippen LogP contribution in [0.15, 0.2) is 41.5 Å². The van der Waals surface area contributed by atoms with Crippen molar-refractivity contribution in [2.75, 3.05) is 19.6 Å². The molecule has 3 N–H and O–H groups in total. The number of carbonyl (C=O) groups excluding carboxylic acids is 3. The Hall–Kier alpha value is -3.04. The normalized spacial score (nSPS) is 35.2. The number of aliphatic hydroxyl groups excluding tert-OH is 1. The summed E-state index contributed by atoms with van der Waals surface area (Å²) in [5, 5.41) is 25.2. The molecule has 4 saturated carbocycles. The number of carboxylic acid groups (broad SMARTS) is 1. The van der Waals surface area contributed by atoms with Crippen LogP contribution in [0.5, 0.6) is 0 Å². The molecule has 1 aromatic rings. The summed E-state index contributed by atoms with van der Waals surface area (Å²) in [5.74, 6) is -0.209. The number of carbonyl (C=O) groups is 4. The van der Waals surface area contributed by atoms with Crippen molar-refractivity contribution >= 4 is 23.6 Å². The van der Waals surface area contributed by atoms with Crippen molar-refractivity contribution in [1.29, 1.82) is 0 Å². The van der Waals surface area contributed by atoms with Crippen LogP contribution in [0.1, 0.15) is 139 Å². The van der Waals surface area contributed by atoms with Crippen LogP contribution < -0.4 is 5.32 Å². The van der Waals surface area contributed by atoms with Crippen molar-refractivity contribution < 1.29 is 34.1 Å². The molecule has 5 aliphatic rings. The third kappa shape index (κ3) is 7.44. The van der Waals surface area contributed by atoms with Crippen molar-refractivity contribution in [2.45, 2.75) is 152 Å². The number of esters is 1. The molecule has 1 amide bonds. The number of aliphatic hydroxyl groups is 1. The van der Waals surface area contributed by atoms with Crippen LogP contribution in [-0.2, 0) is 30.5 Å². The van der Waals surface area contributed by atoms with E-state index in [-0.39, 0.29) is 57.7 Å². The van der Waals surface area contributed by atoms with Gasteiger partial charge < -0.3 is 20.3 Å². The van der Waals surface area contributed by atoms with Gasteiger partial charge in [0.15, 0.2) is 5.78 Å². The first-order valence-electron chi connectivity index (χ1n) is 21.9. The first-order valence-corrected chi connectivity index (χ1v) is 21.9. The molecule has 0 radical (unpaired) electrons. The van der Waals surface area contributed by atoms with E-state index in [2.05, 4.69) is 70.8 Å². The van der Waals surface area contributed by atoms with E-state index in [4.69, 9.17) is 4.74 Å². The molecule has 9 heteroatoms. The van der Waals surface area contributed by atoms with E-state index in [0.717, 1.165) is 62.5 Å². The molecule has 0 bridgehead atoms. The third-order valence-electron chi connectivity index (χ3n) is 17.0. The summed E-state index contributed by atoms with van der Waals surface area (Å²) >= 11 is 0. The lowest BCUT2D eigenvalue weighted by Crippen LogP contribution is -2.66. The van der Waals surface area contributed by atoms with E-state index in [9.17, 15) is 29.4 Å². The maximum Gasteiger partial charge on any atom is 0.309 e. The molecule has 316 valence electrons. The fourth-order valence-electron chi connectivity index (χ4n) is 13.8. The number of Topliss-reactive ketones (excluding diaryl/α,β-unsaturated/α-hetero) is 1. The lowest BCUT2D eigenvalue weighted by Gasteiger charge is -2.72. The molecule has 0 saturated heterocycles. The predicted octanol–water partition coefficient (Wildman–Crippen LogP) is 8.38. The monoisotopic (exact) mass is 789 g/mol. The zero-order valence-corrected chi connectivity index (χ0v) is 36.6. The Kier molecular flexibility index (Phi) is 11.9. The fraction of sp³-hybridized carbons (Fsp3) is 0.750. The number of allylic oxidation sites excluding steroid dienone is 1. The Bertz CT molecular complexity index is 1750. The standard InChI is InChI=1S/C48H72N2O7/c1-30(2)40-34(52)26-48(37(53)29-50(25-24-49-31(3)51)28-32-14-12-11-13-15-32)23-22-46(9)33(41(40)48)16-17-36-45(8)20-19-38(57-39(54)27-43(4,5)42(55)56)44(6,7)35(45)18-21-47(36,46)10/h11-15,30,33,35-38,53H,16-29H2,1-10H3,(H,49,51)(H,55,56)/t33-,35-,36-,37+,38+,45+,46-,47-,48+/m1/s1. The van der Waals surface area contributed by atoms with E-state index in [1.54, 1.807) is 13.8 Å². The summed E-state index contributed by atoms with van der Waals surface area (Å²) in [6, 6.07) is 10.3. The van der Waals surface area contributed by atoms with Crippen LogP contribution in [0.25, 0.3) is 0 Å². The number of amides is 1. The minimum Gasteiger partial charge on any atom is -0.481 e. The van der Waals surface area contributed by atoms with Gasteiger partial charge in [0, 0.05) is 50.4 Å². The van der Waals surface area contributed by atoms with Crippen LogP contribution >= 0.6 is 0 Å². The fourth-order valence-corrected chi connectivity index (χ4v) is 13.8. The van der Waals surface area contributed by atoms with E-state index < -0.39 is 28.9 Å². The second-order valence-corrected chi connectivity index (χ2v) is 21.3. The smallest absolute Gasteiger partial charge is 0.309 e. The Balaban J connectivity index is 1.28. The molecule has 6 rings (SSSR count). The quantitative estimate of drug-likeness (QED) is 0.170. The topological polar surface area (TPSA) is 133 Å². The molecule has 0 unspecified atom stereocenters. The highest BCUT2D eigenvalue weighted by molar-refractivity contribution is 6.00. The number of rotatable bonds is 13. The van der Waals surface area contributed by atoms with Crippen LogP contribution in [0, 0.1) is 56.2 Å². The average molecular weight is 789 g/mol. The molecular formula is C48H72N2O7. The van der Waals surface area contributed by atoms with E-state index >= 15 is 0 Å². The van der Waals surface area contributed by atoms with E-state index in [1.165, 1.54) is 12.5 Å². The van der Waals surface area contributed by atoms with Crippen molar-refractivity contribution in [3.63, 3.8) is 0 Å². The molecular weight excluding hydrogens is 717 g/mol. The van der Waals surface area contributed by atoms with Crippen LogP contribution in [0.4, 0.5) is 0 Å².